The second kappa shape index (κ2) is 5.92. The van der Waals surface area contributed by atoms with E-state index in [0.29, 0.717) is 18.8 Å². The fraction of sp³-hybridized carbons (Fsp3) is 0.727. The third-order valence-electron chi connectivity index (χ3n) is 3.09. The van der Waals surface area contributed by atoms with Gasteiger partial charge in [0.25, 0.3) is 5.91 Å². The molecule has 7 heteroatoms. The first-order chi connectivity index (χ1) is 8.69. The molecular weight excluding hydrogens is 232 g/mol. The maximum Gasteiger partial charge on any atom is 0.273 e. The van der Waals surface area contributed by atoms with Crippen LogP contribution in [-0.2, 0) is 6.54 Å². The van der Waals surface area contributed by atoms with Gasteiger partial charge in [0, 0.05) is 19.1 Å². The average Bonchev–Trinajstić information content (AvgIpc) is 2.78. The Bertz CT molecular complexity index is 404. The van der Waals surface area contributed by atoms with Crippen molar-refractivity contribution in [3.8, 4) is 0 Å². The number of likely N-dealkylation sites (N-methyl/N-ethyl adjacent to an activating group) is 1. The molecule has 0 saturated carbocycles. The van der Waals surface area contributed by atoms with Crippen LogP contribution >= 0.6 is 0 Å². The van der Waals surface area contributed by atoms with Crippen LogP contribution in [0.1, 0.15) is 23.3 Å². The molecule has 0 aromatic carbocycles. The van der Waals surface area contributed by atoms with Gasteiger partial charge < -0.3 is 16.0 Å². The molecular formula is C11H20N6O. The molecule has 1 saturated heterocycles. The molecule has 1 aromatic rings. The topological polar surface area (TPSA) is 89.1 Å². The monoisotopic (exact) mass is 252 g/mol. The summed E-state index contributed by atoms with van der Waals surface area (Å²) in [6.07, 6.45) is 3.77. The lowest BCUT2D eigenvalue weighted by atomic mass is 10.1. The number of nitrogens with two attached hydrogens (primary N) is 1. The highest BCUT2D eigenvalue weighted by atomic mass is 16.2. The predicted molar refractivity (Wildman–Crippen MR) is 67.1 cm³/mol. The van der Waals surface area contributed by atoms with Crippen LogP contribution in [-0.4, -0.2) is 58.5 Å². The number of rotatable bonds is 4. The van der Waals surface area contributed by atoms with Gasteiger partial charge in [-0.25, -0.2) is 0 Å². The van der Waals surface area contributed by atoms with Crippen molar-refractivity contribution in [3.63, 3.8) is 0 Å². The Hall–Kier alpha value is -1.47. The van der Waals surface area contributed by atoms with Gasteiger partial charge in [-0.1, -0.05) is 5.21 Å². The Morgan fingerprint density at radius 3 is 3.22 bits per heavy atom. The normalized spacial score (nSPS) is 20.9. The Labute approximate surface area is 106 Å². The van der Waals surface area contributed by atoms with Crippen LogP contribution in [0.2, 0.25) is 0 Å². The molecule has 18 heavy (non-hydrogen) atoms. The Morgan fingerprint density at radius 2 is 2.50 bits per heavy atom. The molecule has 0 bridgehead atoms. The number of carbonyl (C=O) groups excluding carboxylic acids is 1. The lowest BCUT2D eigenvalue weighted by Crippen LogP contribution is -2.46. The van der Waals surface area contributed by atoms with Gasteiger partial charge in [0.15, 0.2) is 5.69 Å². The SMILES string of the molecule is CN1CCCC(NC(=O)c2cn(CCN)nn2)C1. The highest BCUT2D eigenvalue weighted by Crippen LogP contribution is 2.08. The number of aromatic nitrogens is 3. The smallest absolute Gasteiger partial charge is 0.273 e. The van der Waals surface area contributed by atoms with E-state index in [-0.39, 0.29) is 11.9 Å². The average molecular weight is 252 g/mol. The molecule has 7 nitrogen and oxygen atoms in total. The second-order valence-electron chi connectivity index (χ2n) is 4.73. The molecule has 1 atom stereocenters. The maximum atomic E-state index is 12.0. The molecule has 100 valence electrons. The summed E-state index contributed by atoms with van der Waals surface area (Å²) in [5.41, 5.74) is 5.77. The molecule has 3 N–H and O–H groups in total. The summed E-state index contributed by atoms with van der Waals surface area (Å²) in [4.78, 5) is 14.2. The van der Waals surface area contributed by atoms with Crippen LogP contribution in [0, 0.1) is 0 Å². The van der Waals surface area contributed by atoms with Crippen LogP contribution in [0.25, 0.3) is 0 Å². The summed E-state index contributed by atoms with van der Waals surface area (Å²) in [7, 11) is 2.07. The van der Waals surface area contributed by atoms with Crippen molar-refractivity contribution in [3.05, 3.63) is 11.9 Å². The number of carbonyl (C=O) groups is 1. The Balaban J connectivity index is 1.90. The number of piperidine rings is 1. The van der Waals surface area contributed by atoms with Crippen molar-refractivity contribution >= 4 is 5.91 Å². The zero-order valence-corrected chi connectivity index (χ0v) is 10.7. The lowest BCUT2D eigenvalue weighted by Gasteiger charge is -2.29. The van der Waals surface area contributed by atoms with Gasteiger partial charge in [0.1, 0.15) is 0 Å². The zero-order valence-electron chi connectivity index (χ0n) is 10.7. The van der Waals surface area contributed by atoms with E-state index < -0.39 is 0 Å². The van der Waals surface area contributed by atoms with E-state index in [9.17, 15) is 4.79 Å². The lowest BCUT2D eigenvalue weighted by molar-refractivity contribution is 0.0907. The Kier molecular flexibility index (Phi) is 4.27. The quantitative estimate of drug-likeness (QED) is 0.722. The highest BCUT2D eigenvalue weighted by Gasteiger charge is 2.20. The summed E-state index contributed by atoms with van der Waals surface area (Å²) in [5, 5.41) is 10.7. The van der Waals surface area contributed by atoms with E-state index in [1.54, 1.807) is 10.9 Å². The van der Waals surface area contributed by atoms with Gasteiger partial charge in [-0.2, -0.15) is 0 Å². The van der Waals surface area contributed by atoms with Crippen LogP contribution in [0.4, 0.5) is 0 Å². The molecule has 0 radical (unpaired) electrons. The minimum atomic E-state index is -0.154. The van der Waals surface area contributed by atoms with Crippen LogP contribution in [0.3, 0.4) is 0 Å². The number of likely N-dealkylation sites (tertiary alicyclic amines) is 1. The molecule has 2 heterocycles. The van der Waals surface area contributed by atoms with Gasteiger partial charge in [0.2, 0.25) is 0 Å². The van der Waals surface area contributed by atoms with Crippen molar-refractivity contribution in [2.75, 3.05) is 26.7 Å². The van der Waals surface area contributed by atoms with Crippen molar-refractivity contribution in [1.82, 2.24) is 25.2 Å². The third kappa shape index (κ3) is 3.27. The first-order valence-corrected chi connectivity index (χ1v) is 6.28. The molecule has 2 rings (SSSR count). The first kappa shape index (κ1) is 13.0. The van der Waals surface area contributed by atoms with E-state index in [1.807, 2.05) is 0 Å². The molecule has 1 aromatic heterocycles. The van der Waals surface area contributed by atoms with Crippen molar-refractivity contribution < 1.29 is 4.79 Å². The summed E-state index contributed by atoms with van der Waals surface area (Å²) >= 11 is 0. The fourth-order valence-corrected chi connectivity index (χ4v) is 2.19. The fourth-order valence-electron chi connectivity index (χ4n) is 2.19. The first-order valence-electron chi connectivity index (χ1n) is 6.28. The number of hydrogen-bond acceptors (Lipinski definition) is 5. The minimum absolute atomic E-state index is 0.154. The van der Waals surface area contributed by atoms with Crippen molar-refractivity contribution in [1.29, 1.82) is 0 Å². The van der Waals surface area contributed by atoms with E-state index in [0.717, 1.165) is 25.9 Å². The third-order valence-corrected chi connectivity index (χ3v) is 3.09. The van der Waals surface area contributed by atoms with Gasteiger partial charge in [0.05, 0.1) is 12.7 Å². The zero-order chi connectivity index (χ0) is 13.0. The van der Waals surface area contributed by atoms with Gasteiger partial charge in [-0.3, -0.25) is 9.48 Å². The maximum absolute atomic E-state index is 12.0. The molecule has 1 aliphatic rings. The van der Waals surface area contributed by atoms with Crippen LogP contribution in [0.5, 0.6) is 0 Å². The van der Waals surface area contributed by atoms with Crippen molar-refractivity contribution in [2.45, 2.75) is 25.4 Å². The van der Waals surface area contributed by atoms with Crippen LogP contribution in [0.15, 0.2) is 6.20 Å². The standard InChI is InChI=1S/C11H20N6O/c1-16-5-2-3-9(7-16)13-11(18)10-8-17(6-4-12)15-14-10/h8-9H,2-7,12H2,1H3,(H,13,18). The molecule has 1 amide bonds. The molecule has 0 aliphatic carbocycles. The number of nitrogens with one attached hydrogen (secondary N) is 1. The summed E-state index contributed by atoms with van der Waals surface area (Å²) < 4.78 is 1.59. The number of amides is 1. The number of nitrogens with zero attached hydrogens (tertiary/aromatic N) is 4. The minimum Gasteiger partial charge on any atom is -0.347 e. The molecule has 1 unspecified atom stereocenters. The summed E-state index contributed by atoms with van der Waals surface area (Å²) in [6.45, 7) is 3.05. The predicted octanol–water partition coefficient (Wildman–Crippen LogP) is -0.939. The Morgan fingerprint density at radius 1 is 1.67 bits per heavy atom. The summed E-state index contributed by atoms with van der Waals surface area (Å²) in [6, 6.07) is 0.205. The second-order valence-corrected chi connectivity index (χ2v) is 4.73. The van der Waals surface area contributed by atoms with Gasteiger partial charge in [-0.15, -0.1) is 5.10 Å². The highest BCUT2D eigenvalue weighted by molar-refractivity contribution is 5.92. The molecule has 1 fully saturated rings. The van der Waals surface area contributed by atoms with E-state index >= 15 is 0 Å². The van der Waals surface area contributed by atoms with Gasteiger partial charge in [-0.05, 0) is 26.4 Å². The van der Waals surface area contributed by atoms with Crippen LogP contribution < -0.4 is 11.1 Å². The molecule has 1 aliphatic heterocycles. The largest absolute Gasteiger partial charge is 0.347 e. The van der Waals surface area contributed by atoms with Gasteiger partial charge >= 0.3 is 0 Å². The van der Waals surface area contributed by atoms with E-state index in [2.05, 4.69) is 27.6 Å². The summed E-state index contributed by atoms with van der Waals surface area (Å²) in [5.74, 6) is -0.154. The van der Waals surface area contributed by atoms with E-state index in [4.69, 9.17) is 5.73 Å². The van der Waals surface area contributed by atoms with Crippen molar-refractivity contribution in [2.24, 2.45) is 5.73 Å². The molecule has 0 spiro atoms. The van der Waals surface area contributed by atoms with E-state index in [1.165, 1.54) is 0 Å². The number of hydrogen-bond donors (Lipinski definition) is 2.